The lowest BCUT2D eigenvalue weighted by Gasteiger charge is -2.35. The van der Waals surface area contributed by atoms with Crippen molar-refractivity contribution in [3.8, 4) is 0 Å². The SMILES string of the molecule is CC(C)CC(N)C(CO)OC1CCC(C)C(C)C1. The van der Waals surface area contributed by atoms with Crippen LogP contribution in [0.15, 0.2) is 0 Å². The maximum Gasteiger partial charge on any atom is 0.0959 e. The molecule has 0 heterocycles. The predicted molar refractivity (Wildman–Crippen MR) is 75.4 cm³/mol. The number of hydrogen-bond donors (Lipinski definition) is 2. The molecule has 0 bridgehead atoms. The average molecular weight is 257 g/mol. The summed E-state index contributed by atoms with van der Waals surface area (Å²) in [7, 11) is 0. The summed E-state index contributed by atoms with van der Waals surface area (Å²) in [6, 6.07) is -0.0512. The second-order valence-corrected chi connectivity index (χ2v) is 6.54. The van der Waals surface area contributed by atoms with Gasteiger partial charge in [-0.3, -0.25) is 0 Å². The second kappa shape index (κ2) is 7.46. The van der Waals surface area contributed by atoms with E-state index in [2.05, 4.69) is 27.7 Å². The lowest BCUT2D eigenvalue weighted by molar-refractivity contribution is -0.0783. The Kier molecular flexibility index (Phi) is 6.61. The second-order valence-electron chi connectivity index (χ2n) is 6.54. The molecule has 0 aliphatic heterocycles. The van der Waals surface area contributed by atoms with Gasteiger partial charge >= 0.3 is 0 Å². The molecule has 1 fully saturated rings. The first-order chi connectivity index (χ1) is 8.43. The molecule has 0 aromatic heterocycles. The Morgan fingerprint density at radius 3 is 2.39 bits per heavy atom. The van der Waals surface area contributed by atoms with E-state index in [1.165, 1.54) is 6.42 Å². The van der Waals surface area contributed by atoms with E-state index >= 15 is 0 Å². The van der Waals surface area contributed by atoms with Gasteiger partial charge in [0, 0.05) is 6.04 Å². The van der Waals surface area contributed by atoms with Gasteiger partial charge in [0.1, 0.15) is 0 Å². The Hall–Kier alpha value is -0.120. The predicted octanol–water partition coefficient (Wildman–Crippen LogP) is 2.56. The lowest BCUT2D eigenvalue weighted by Crippen LogP contribution is -2.43. The summed E-state index contributed by atoms with van der Waals surface area (Å²) in [5.41, 5.74) is 6.12. The first-order valence-electron chi connectivity index (χ1n) is 7.45. The number of aliphatic hydroxyl groups is 1. The van der Waals surface area contributed by atoms with E-state index in [1.54, 1.807) is 0 Å². The van der Waals surface area contributed by atoms with Crippen LogP contribution >= 0.6 is 0 Å². The van der Waals surface area contributed by atoms with Crippen molar-refractivity contribution in [2.24, 2.45) is 23.5 Å². The highest BCUT2D eigenvalue weighted by Crippen LogP contribution is 2.31. The molecule has 1 aliphatic rings. The lowest BCUT2D eigenvalue weighted by atomic mass is 9.80. The third-order valence-corrected chi connectivity index (χ3v) is 4.32. The zero-order chi connectivity index (χ0) is 13.7. The number of rotatable bonds is 6. The molecule has 0 aromatic rings. The smallest absolute Gasteiger partial charge is 0.0959 e. The molecule has 0 aromatic carbocycles. The van der Waals surface area contributed by atoms with E-state index in [4.69, 9.17) is 10.5 Å². The van der Waals surface area contributed by atoms with Crippen LogP contribution < -0.4 is 5.73 Å². The van der Waals surface area contributed by atoms with Gasteiger partial charge in [0.25, 0.3) is 0 Å². The van der Waals surface area contributed by atoms with Gasteiger partial charge in [-0.15, -0.1) is 0 Å². The molecule has 0 spiro atoms. The average Bonchev–Trinajstić information content (AvgIpc) is 2.29. The Morgan fingerprint density at radius 2 is 1.89 bits per heavy atom. The first-order valence-corrected chi connectivity index (χ1v) is 7.45. The van der Waals surface area contributed by atoms with Crippen LogP contribution in [0.5, 0.6) is 0 Å². The minimum Gasteiger partial charge on any atom is -0.394 e. The first kappa shape index (κ1) is 15.9. The number of hydrogen-bond acceptors (Lipinski definition) is 3. The molecule has 3 N–H and O–H groups in total. The molecule has 0 amide bonds. The normalized spacial score (nSPS) is 32.5. The fourth-order valence-corrected chi connectivity index (χ4v) is 2.84. The van der Waals surface area contributed by atoms with Crippen LogP contribution in [-0.2, 0) is 4.74 Å². The van der Waals surface area contributed by atoms with Crippen LogP contribution in [0.2, 0.25) is 0 Å². The summed E-state index contributed by atoms with van der Waals surface area (Å²) in [5.74, 6) is 2.05. The standard InChI is InChI=1S/C15H31NO2/c1-10(2)7-14(16)15(9-17)18-13-6-5-11(3)12(4)8-13/h10-15,17H,5-9,16H2,1-4H3. The monoisotopic (exact) mass is 257 g/mol. The molecular weight excluding hydrogens is 226 g/mol. The number of nitrogens with two attached hydrogens (primary N) is 1. The maximum atomic E-state index is 9.45. The van der Waals surface area contributed by atoms with E-state index in [-0.39, 0.29) is 24.9 Å². The van der Waals surface area contributed by atoms with E-state index in [0.717, 1.165) is 25.2 Å². The summed E-state index contributed by atoms with van der Waals surface area (Å²) in [5, 5.41) is 9.45. The molecule has 0 saturated heterocycles. The Balaban J connectivity index is 2.43. The van der Waals surface area contributed by atoms with Crippen LogP contribution in [0.3, 0.4) is 0 Å². The zero-order valence-corrected chi connectivity index (χ0v) is 12.4. The molecule has 0 radical (unpaired) electrons. The molecule has 1 rings (SSSR count). The van der Waals surface area contributed by atoms with Crippen molar-refractivity contribution in [1.29, 1.82) is 0 Å². The number of aliphatic hydroxyl groups excluding tert-OH is 1. The Morgan fingerprint density at radius 1 is 1.22 bits per heavy atom. The molecule has 108 valence electrons. The van der Waals surface area contributed by atoms with Crippen LogP contribution in [0.25, 0.3) is 0 Å². The van der Waals surface area contributed by atoms with Crippen molar-refractivity contribution < 1.29 is 9.84 Å². The zero-order valence-electron chi connectivity index (χ0n) is 12.4. The topological polar surface area (TPSA) is 55.5 Å². The van der Waals surface area contributed by atoms with Gasteiger partial charge in [-0.2, -0.15) is 0 Å². The molecule has 1 aliphatic carbocycles. The van der Waals surface area contributed by atoms with Gasteiger partial charge < -0.3 is 15.6 Å². The molecule has 18 heavy (non-hydrogen) atoms. The summed E-state index contributed by atoms with van der Waals surface area (Å²) >= 11 is 0. The van der Waals surface area contributed by atoms with Gasteiger partial charge in [0.15, 0.2) is 0 Å². The molecule has 3 heteroatoms. The Labute approximate surface area is 112 Å². The molecule has 3 nitrogen and oxygen atoms in total. The molecule has 5 atom stereocenters. The van der Waals surface area contributed by atoms with Crippen molar-refractivity contribution in [3.05, 3.63) is 0 Å². The minimum absolute atomic E-state index is 0.0360. The van der Waals surface area contributed by atoms with E-state index in [0.29, 0.717) is 11.8 Å². The van der Waals surface area contributed by atoms with Gasteiger partial charge in [-0.05, 0) is 43.4 Å². The summed E-state index contributed by atoms with van der Waals surface area (Å²) < 4.78 is 6.05. The van der Waals surface area contributed by atoms with Crippen molar-refractivity contribution in [1.82, 2.24) is 0 Å². The van der Waals surface area contributed by atoms with Crippen molar-refractivity contribution >= 4 is 0 Å². The van der Waals surface area contributed by atoms with E-state index in [9.17, 15) is 5.11 Å². The van der Waals surface area contributed by atoms with Crippen LogP contribution in [-0.4, -0.2) is 30.0 Å². The van der Waals surface area contributed by atoms with Crippen LogP contribution in [0.1, 0.15) is 53.4 Å². The van der Waals surface area contributed by atoms with Gasteiger partial charge in [-0.1, -0.05) is 27.7 Å². The van der Waals surface area contributed by atoms with Crippen molar-refractivity contribution in [2.75, 3.05) is 6.61 Å². The minimum atomic E-state index is -0.196. The van der Waals surface area contributed by atoms with Crippen LogP contribution in [0, 0.1) is 17.8 Å². The van der Waals surface area contributed by atoms with E-state index < -0.39 is 0 Å². The fourth-order valence-electron chi connectivity index (χ4n) is 2.84. The Bertz CT molecular complexity index is 233. The van der Waals surface area contributed by atoms with Crippen molar-refractivity contribution in [2.45, 2.75) is 71.6 Å². The molecular formula is C15H31NO2. The third kappa shape index (κ3) is 4.87. The summed E-state index contributed by atoms with van der Waals surface area (Å²) in [6.45, 7) is 8.95. The largest absolute Gasteiger partial charge is 0.394 e. The molecule has 5 unspecified atom stereocenters. The molecule has 1 saturated carbocycles. The summed E-state index contributed by atoms with van der Waals surface area (Å²) in [4.78, 5) is 0. The van der Waals surface area contributed by atoms with Crippen molar-refractivity contribution in [3.63, 3.8) is 0 Å². The highest BCUT2D eigenvalue weighted by atomic mass is 16.5. The number of ether oxygens (including phenoxy) is 1. The van der Waals surface area contributed by atoms with Gasteiger partial charge in [0.2, 0.25) is 0 Å². The maximum absolute atomic E-state index is 9.45. The van der Waals surface area contributed by atoms with Crippen LogP contribution in [0.4, 0.5) is 0 Å². The highest BCUT2D eigenvalue weighted by Gasteiger charge is 2.29. The fraction of sp³-hybridized carbons (Fsp3) is 1.00. The quantitative estimate of drug-likeness (QED) is 0.769. The summed E-state index contributed by atoms with van der Waals surface area (Å²) in [6.07, 6.45) is 4.43. The highest BCUT2D eigenvalue weighted by molar-refractivity contribution is 4.80. The van der Waals surface area contributed by atoms with Gasteiger partial charge in [0.05, 0.1) is 18.8 Å². The van der Waals surface area contributed by atoms with E-state index in [1.807, 2.05) is 0 Å². The third-order valence-electron chi connectivity index (χ3n) is 4.32. The van der Waals surface area contributed by atoms with Gasteiger partial charge in [-0.25, -0.2) is 0 Å².